The zero-order chi connectivity index (χ0) is 14.3. The smallest absolute Gasteiger partial charge is 0.251 e. The van der Waals surface area contributed by atoms with E-state index in [1.54, 1.807) is 18.2 Å². The van der Waals surface area contributed by atoms with Gasteiger partial charge in [0.15, 0.2) is 11.5 Å². The van der Waals surface area contributed by atoms with Crippen molar-refractivity contribution in [3.8, 4) is 11.5 Å². The normalized spacial score (nSPS) is 25.4. The van der Waals surface area contributed by atoms with Crippen LogP contribution in [0.5, 0.6) is 11.5 Å². The van der Waals surface area contributed by atoms with E-state index < -0.39 is 0 Å². The maximum Gasteiger partial charge on any atom is 0.251 e. The fraction of sp³-hybridized carbons (Fsp3) is 0.562. The van der Waals surface area contributed by atoms with Gasteiger partial charge in [0.1, 0.15) is 0 Å². The van der Waals surface area contributed by atoms with E-state index in [0.29, 0.717) is 23.7 Å². The van der Waals surface area contributed by atoms with E-state index in [0.717, 1.165) is 19.3 Å². The van der Waals surface area contributed by atoms with E-state index in [2.05, 4.69) is 5.32 Å². The van der Waals surface area contributed by atoms with Gasteiger partial charge in [-0.05, 0) is 37.5 Å². The Balaban J connectivity index is 1.42. The fourth-order valence-corrected chi connectivity index (χ4v) is 3.61. The van der Waals surface area contributed by atoms with Gasteiger partial charge in [-0.25, -0.2) is 0 Å². The summed E-state index contributed by atoms with van der Waals surface area (Å²) in [5.41, 5.74) is 0.638. The summed E-state index contributed by atoms with van der Waals surface area (Å²) >= 11 is 0. The van der Waals surface area contributed by atoms with Gasteiger partial charge in [-0.2, -0.15) is 0 Å². The standard InChI is InChI=1S/C16H19NO4/c18-15(11-3-4-13-14(7-11)20-10-19-13)17-12-8-16(21-9-12)5-1-2-6-16/h3-4,7,12H,1-2,5-6,8-10H2,(H,17,18)/t12-/m1/s1. The maximum atomic E-state index is 12.3. The Morgan fingerprint density at radius 3 is 2.86 bits per heavy atom. The summed E-state index contributed by atoms with van der Waals surface area (Å²) in [6, 6.07) is 5.39. The molecule has 1 aromatic rings. The number of amides is 1. The van der Waals surface area contributed by atoms with Crippen molar-refractivity contribution in [3.05, 3.63) is 23.8 Å². The average molecular weight is 289 g/mol. The molecule has 0 bridgehead atoms. The summed E-state index contributed by atoms with van der Waals surface area (Å²) in [6.45, 7) is 0.843. The van der Waals surface area contributed by atoms with Crippen molar-refractivity contribution in [2.75, 3.05) is 13.4 Å². The van der Waals surface area contributed by atoms with Gasteiger partial charge in [0.05, 0.1) is 18.2 Å². The van der Waals surface area contributed by atoms with Crippen molar-refractivity contribution in [3.63, 3.8) is 0 Å². The third-order valence-electron chi connectivity index (χ3n) is 4.69. The molecule has 21 heavy (non-hydrogen) atoms. The van der Waals surface area contributed by atoms with Crippen molar-refractivity contribution < 1.29 is 19.0 Å². The second-order valence-electron chi connectivity index (χ2n) is 6.14. The lowest BCUT2D eigenvalue weighted by atomic mass is 9.96. The first-order chi connectivity index (χ1) is 10.2. The summed E-state index contributed by atoms with van der Waals surface area (Å²) < 4.78 is 16.5. The van der Waals surface area contributed by atoms with Crippen LogP contribution in [0.3, 0.4) is 0 Å². The van der Waals surface area contributed by atoms with Crippen LogP contribution in [0.25, 0.3) is 0 Å². The highest BCUT2D eigenvalue weighted by atomic mass is 16.7. The second kappa shape index (κ2) is 4.91. The van der Waals surface area contributed by atoms with Crippen LogP contribution >= 0.6 is 0 Å². The Hall–Kier alpha value is -1.75. The molecule has 1 amide bonds. The second-order valence-corrected chi connectivity index (χ2v) is 6.14. The first kappa shape index (κ1) is 13.0. The number of carbonyl (C=O) groups is 1. The summed E-state index contributed by atoms with van der Waals surface area (Å²) in [5, 5.41) is 3.08. The number of hydrogen-bond acceptors (Lipinski definition) is 4. The monoisotopic (exact) mass is 289 g/mol. The number of nitrogens with one attached hydrogen (secondary N) is 1. The molecule has 1 atom stereocenters. The Morgan fingerprint density at radius 2 is 2.00 bits per heavy atom. The van der Waals surface area contributed by atoms with Crippen molar-refractivity contribution in [2.45, 2.75) is 43.7 Å². The first-order valence-electron chi connectivity index (χ1n) is 7.59. The number of ether oxygens (including phenoxy) is 3. The summed E-state index contributed by atoms with van der Waals surface area (Å²) in [6.07, 6.45) is 5.67. The van der Waals surface area contributed by atoms with Gasteiger partial charge >= 0.3 is 0 Å². The molecule has 0 unspecified atom stereocenters. The molecule has 3 aliphatic rings. The van der Waals surface area contributed by atoms with E-state index in [1.165, 1.54) is 12.8 Å². The van der Waals surface area contributed by atoms with Crippen molar-refractivity contribution in [1.29, 1.82) is 0 Å². The van der Waals surface area contributed by atoms with Gasteiger partial charge in [-0.3, -0.25) is 4.79 Å². The zero-order valence-electron chi connectivity index (χ0n) is 11.9. The molecule has 1 aliphatic carbocycles. The van der Waals surface area contributed by atoms with Crippen LogP contribution in [-0.2, 0) is 4.74 Å². The maximum absolute atomic E-state index is 12.3. The van der Waals surface area contributed by atoms with E-state index in [9.17, 15) is 4.79 Å². The molecule has 5 nitrogen and oxygen atoms in total. The van der Waals surface area contributed by atoms with Crippen LogP contribution in [0.4, 0.5) is 0 Å². The largest absolute Gasteiger partial charge is 0.454 e. The van der Waals surface area contributed by atoms with Gasteiger partial charge < -0.3 is 19.5 Å². The highest BCUT2D eigenvalue weighted by Gasteiger charge is 2.42. The molecule has 1 saturated carbocycles. The summed E-state index contributed by atoms with van der Waals surface area (Å²) in [7, 11) is 0. The Bertz CT molecular complexity index is 565. The van der Waals surface area contributed by atoms with Crippen LogP contribution in [0.1, 0.15) is 42.5 Å². The minimum Gasteiger partial charge on any atom is -0.454 e. The Labute approximate surface area is 123 Å². The van der Waals surface area contributed by atoms with Crippen LogP contribution < -0.4 is 14.8 Å². The number of fused-ring (bicyclic) bond motifs is 1. The van der Waals surface area contributed by atoms with Crippen molar-refractivity contribution in [2.24, 2.45) is 0 Å². The average Bonchev–Trinajstić information content (AvgIpc) is 3.21. The van der Waals surface area contributed by atoms with Crippen LogP contribution in [-0.4, -0.2) is 30.9 Å². The van der Waals surface area contributed by atoms with Crippen LogP contribution in [0.2, 0.25) is 0 Å². The molecule has 112 valence electrons. The lowest BCUT2D eigenvalue weighted by molar-refractivity contribution is 0.00988. The molecule has 1 N–H and O–H groups in total. The van der Waals surface area contributed by atoms with Gasteiger partial charge in [0.25, 0.3) is 5.91 Å². The van der Waals surface area contributed by atoms with E-state index in [-0.39, 0.29) is 24.3 Å². The Kier molecular flexibility index (Phi) is 3.03. The highest BCUT2D eigenvalue weighted by molar-refractivity contribution is 5.95. The lowest BCUT2D eigenvalue weighted by Crippen LogP contribution is -2.36. The summed E-state index contributed by atoms with van der Waals surface area (Å²) in [5.74, 6) is 1.26. The molecule has 1 spiro atoms. The molecular formula is C16H19NO4. The number of benzene rings is 1. The molecule has 2 heterocycles. The zero-order valence-corrected chi connectivity index (χ0v) is 11.9. The van der Waals surface area contributed by atoms with E-state index in [4.69, 9.17) is 14.2 Å². The van der Waals surface area contributed by atoms with E-state index >= 15 is 0 Å². The van der Waals surface area contributed by atoms with Gasteiger partial charge in [-0.15, -0.1) is 0 Å². The predicted octanol–water partition coefficient (Wildman–Crippen LogP) is 2.25. The minimum atomic E-state index is -0.0723. The number of carbonyl (C=O) groups excluding carboxylic acids is 1. The molecule has 0 aromatic heterocycles. The highest BCUT2D eigenvalue weighted by Crippen LogP contribution is 2.41. The predicted molar refractivity (Wildman–Crippen MR) is 75.6 cm³/mol. The lowest BCUT2D eigenvalue weighted by Gasteiger charge is -2.21. The molecule has 2 aliphatic heterocycles. The number of hydrogen-bond donors (Lipinski definition) is 1. The van der Waals surface area contributed by atoms with Gasteiger partial charge in [-0.1, -0.05) is 12.8 Å². The minimum absolute atomic E-state index is 0.0346. The molecule has 2 fully saturated rings. The SMILES string of the molecule is O=C(N[C@H]1COC2(CCCC2)C1)c1ccc2c(c1)OCO2. The third-order valence-corrected chi connectivity index (χ3v) is 4.69. The molecule has 4 rings (SSSR count). The van der Waals surface area contributed by atoms with Gasteiger partial charge in [0, 0.05) is 5.56 Å². The van der Waals surface area contributed by atoms with Crippen molar-refractivity contribution in [1.82, 2.24) is 5.32 Å². The number of rotatable bonds is 2. The third kappa shape index (κ3) is 2.35. The van der Waals surface area contributed by atoms with Crippen molar-refractivity contribution >= 4 is 5.91 Å². The summed E-state index contributed by atoms with van der Waals surface area (Å²) in [4.78, 5) is 12.3. The van der Waals surface area contributed by atoms with Gasteiger partial charge in [0.2, 0.25) is 6.79 Å². The molecule has 0 radical (unpaired) electrons. The molecular weight excluding hydrogens is 270 g/mol. The van der Waals surface area contributed by atoms with Crippen LogP contribution in [0, 0.1) is 0 Å². The molecule has 1 saturated heterocycles. The van der Waals surface area contributed by atoms with E-state index in [1.807, 2.05) is 0 Å². The topological polar surface area (TPSA) is 56.8 Å². The molecule has 1 aromatic carbocycles. The fourth-order valence-electron chi connectivity index (χ4n) is 3.61. The Morgan fingerprint density at radius 1 is 1.19 bits per heavy atom. The first-order valence-corrected chi connectivity index (χ1v) is 7.59. The quantitative estimate of drug-likeness (QED) is 0.907. The molecule has 5 heteroatoms. The van der Waals surface area contributed by atoms with Crippen LogP contribution in [0.15, 0.2) is 18.2 Å².